The zero-order valence-corrected chi connectivity index (χ0v) is 15.0. The molecule has 0 saturated carbocycles. The lowest BCUT2D eigenvalue weighted by atomic mass is 9.82. The van der Waals surface area contributed by atoms with Gasteiger partial charge in [-0.25, -0.2) is 0 Å². The minimum Gasteiger partial charge on any atom is -0.374 e. The number of ether oxygens (including phenoxy) is 1. The summed E-state index contributed by atoms with van der Waals surface area (Å²) >= 11 is 0. The highest BCUT2D eigenvalue weighted by molar-refractivity contribution is 5.80. The Morgan fingerprint density at radius 1 is 1.16 bits per heavy atom. The topological polar surface area (TPSA) is 67.6 Å². The second-order valence-corrected chi connectivity index (χ2v) is 7.92. The highest BCUT2D eigenvalue weighted by atomic mass is 16.5. The van der Waals surface area contributed by atoms with Crippen LogP contribution in [-0.4, -0.2) is 58.0 Å². The summed E-state index contributed by atoms with van der Waals surface area (Å²) in [6.45, 7) is 3.90. The third kappa shape index (κ3) is 2.63. The largest absolute Gasteiger partial charge is 0.374 e. The van der Waals surface area contributed by atoms with Gasteiger partial charge in [-0.15, -0.1) is 10.2 Å². The minimum atomic E-state index is 0.491. The summed E-state index contributed by atoms with van der Waals surface area (Å²) in [6.07, 6.45) is 8.28. The number of fused-ring (bicyclic) bond motifs is 6. The summed E-state index contributed by atoms with van der Waals surface area (Å²) in [4.78, 5) is 6.95. The molecule has 0 aromatic carbocycles. The molecule has 4 atom stereocenters. The van der Waals surface area contributed by atoms with E-state index >= 15 is 0 Å². The van der Waals surface area contributed by atoms with E-state index in [4.69, 9.17) is 4.74 Å². The number of nitrogens with one attached hydrogen (secondary N) is 1. The van der Waals surface area contributed by atoms with E-state index in [1.54, 1.807) is 0 Å². The van der Waals surface area contributed by atoms with Crippen molar-refractivity contribution in [1.29, 1.82) is 0 Å². The molecule has 0 radical (unpaired) electrons. The maximum Gasteiger partial charge on any atom is 0.194 e. The Morgan fingerprint density at radius 3 is 2.72 bits per heavy atom. The van der Waals surface area contributed by atoms with Gasteiger partial charge in [-0.1, -0.05) is 6.42 Å². The van der Waals surface area contributed by atoms with E-state index in [2.05, 4.69) is 30.0 Å². The van der Waals surface area contributed by atoms with Crippen molar-refractivity contribution in [2.45, 2.75) is 63.8 Å². The van der Waals surface area contributed by atoms with Crippen LogP contribution in [0.2, 0.25) is 0 Å². The summed E-state index contributed by atoms with van der Waals surface area (Å²) in [5, 5.41) is 12.4. The lowest BCUT2D eigenvalue weighted by Crippen LogP contribution is -2.41. The number of hydrogen-bond acceptors (Lipinski definition) is 4. The Bertz CT molecular complexity index is 653. The van der Waals surface area contributed by atoms with E-state index in [9.17, 15) is 0 Å². The van der Waals surface area contributed by atoms with E-state index < -0.39 is 0 Å². The fraction of sp³-hybridized carbons (Fsp3) is 0.833. The highest BCUT2D eigenvalue weighted by Gasteiger charge is 2.53. The molecule has 4 aliphatic rings. The van der Waals surface area contributed by atoms with Gasteiger partial charge in [-0.3, -0.25) is 4.99 Å². The quantitative estimate of drug-likeness (QED) is 0.645. The van der Waals surface area contributed by atoms with E-state index in [0.29, 0.717) is 30.6 Å². The van der Waals surface area contributed by atoms with Crippen LogP contribution in [-0.2, 0) is 24.2 Å². The second kappa shape index (κ2) is 6.27. The molecule has 1 aromatic rings. The first-order valence-electron chi connectivity index (χ1n) is 9.85. The first-order valence-corrected chi connectivity index (χ1v) is 9.85. The van der Waals surface area contributed by atoms with Crippen molar-refractivity contribution in [3.8, 4) is 0 Å². The maximum atomic E-state index is 6.09. The molecule has 136 valence electrons. The fourth-order valence-electron chi connectivity index (χ4n) is 5.30. The van der Waals surface area contributed by atoms with Crippen molar-refractivity contribution in [2.75, 3.05) is 20.1 Å². The predicted octanol–water partition coefficient (Wildman–Crippen LogP) is 1.19. The first-order chi connectivity index (χ1) is 12.3. The zero-order valence-electron chi connectivity index (χ0n) is 15.0. The van der Waals surface area contributed by atoms with Crippen molar-refractivity contribution in [3.63, 3.8) is 0 Å². The Hall–Kier alpha value is -1.63. The van der Waals surface area contributed by atoms with Gasteiger partial charge in [0.1, 0.15) is 5.82 Å². The van der Waals surface area contributed by atoms with Crippen LogP contribution in [0.25, 0.3) is 0 Å². The molecule has 1 N–H and O–H groups in total. The summed E-state index contributed by atoms with van der Waals surface area (Å²) in [5.74, 6) is 4.58. The average Bonchev–Trinajstić information content (AvgIpc) is 3.36. The van der Waals surface area contributed by atoms with Gasteiger partial charge in [0.05, 0.1) is 18.8 Å². The standard InChI is InChI=1S/C18H28N6O/c1-19-18(23-10-12-13(11-23)15-7-6-14(12)25-15)20-9-17-22-21-16-5-3-2-4-8-24(16)17/h12-15H,2-11H2,1H3,(H,19,20). The maximum absolute atomic E-state index is 6.09. The van der Waals surface area contributed by atoms with E-state index in [1.165, 1.54) is 32.1 Å². The van der Waals surface area contributed by atoms with Gasteiger partial charge in [-0.05, 0) is 25.7 Å². The van der Waals surface area contributed by atoms with Crippen LogP contribution in [0.1, 0.15) is 43.8 Å². The molecule has 1 aromatic heterocycles. The van der Waals surface area contributed by atoms with E-state index in [0.717, 1.165) is 43.7 Å². The Balaban J connectivity index is 1.24. The van der Waals surface area contributed by atoms with Gasteiger partial charge >= 0.3 is 0 Å². The molecule has 5 heterocycles. The van der Waals surface area contributed by atoms with Crippen LogP contribution in [0.3, 0.4) is 0 Å². The van der Waals surface area contributed by atoms with E-state index in [1.807, 2.05) is 7.05 Å². The fourth-order valence-corrected chi connectivity index (χ4v) is 5.30. The molecule has 7 heteroatoms. The Labute approximate surface area is 148 Å². The molecule has 0 spiro atoms. The molecule has 2 bridgehead atoms. The van der Waals surface area contributed by atoms with Gasteiger partial charge in [0, 0.05) is 44.9 Å². The first kappa shape index (κ1) is 15.6. The van der Waals surface area contributed by atoms with Gasteiger partial charge in [-0.2, -0.15) is 0 Å². The van der Waals surface area contributed by atoms with Crippen molar-refractivity contribution in [3.05, 3.63) is 11.6 Å². The molecule has 4 aliphatic heterocycles. The lowest BCUT2D eigenvalue weighted by Gasteiger charge is -2.23. The monoisotopic (exact) mass is 344 g/mol. The van der Waals surface area contributed by atoms with Crippen LogP contribution < -0.4 is 5.32 Å². The second-order valence-electron chi connectivity index (χ2n) is 7.92. The number of rotatable bonds is 2. The number of nitrogens with zero attached hydrogens (tertiary/aromatic N) is 5. The normalized spacial score (nSPS) is 34.1. The lowest BCUT2D eigenvalue weighted by molar-refractivity contribution is 0.0767. The van der Waals surface area contributed by atoms with Gasteiger partial charge < -0.3 is 19.5 Å². The number of aryl methyl sites for hydroxylation is 1. The highest BCUT2D eigenvalue weighted by Crippen LogP contribution is 2.47. The molecule has 0 amide bonds. The molecule has 0 aliphatic carbocycles. The molecule has 25 heavy (non-hydrogen) atoms. The van der Waals surface area contributed by atoms with Gasteiger partial charge in [0.2, 0.25) is 0 Å². The average molecular weight is 344 g/mol. The smallest absolute Gasteiger partial charge is 0.194 e. The number of hydrogen-bond donors (Lipinski definition) is 1. The molecular formula is C18H28N6O. The number of aromatic nitrogens is 3. The van der Waals surface area contributed by atoms with Crippen LogP contribution in [0.15, 0.2) is 4.99 Å². The van der Waals surface area contributed by atoms with Crippen LogP contribution in [0.5, 0.6) is 0 Å². The van der Waals surface area contributed by atoms with Crippen molar-refractivity contribution in [1.82, 2.24) is 25.0 Å². The molecule has 4 unspecified atom stereocenters. The van der Waals surface area contributed by atoms with Gasteiger partial charge in [0.15, 0.2) is 11.8 Å². The summed E-state index contributed by atoms with van der Waals surface area (Å²) in [6, 6.07) is 0. The van der Waals surface area contributed by atoms with E-state index in [-0.39, 0.29) is 0 Å². The summed E-state index contributed by atoms with van der Waals surface area (Å²) < 4.78 is 8.39. The molecule has 7 nitrogen and oxygen atoms in total. The SMILES string of the molecule is CN=C(NCc1nnc2n1CCCCC2)N1CC2C3CCC(O3)C2C1. The molecule has 5 rings (SSSR count). The Kier molecular flexibility index (Phi) is 3.91. The van der Waals surface area contributed by atoms with Crippen molar-refractivity contribution < 1.29 is 4.74 Å². The molecular weight excluding hydrogens is 316 g/mol. The van der Waals surface area contributed by atoms with Crippen LogP contribution in [0.4, 0.5) is 0 Å². The van der Waals surface area contributed by atoms with Crippen LogP contribution >= 0.6 is 0 Å². The van der Waals surface area contributed by atoms with Crippen molar-refractivity contribution in [2.24, 2.45) is 16.8 Å². The molecule has 3 fully saturated rings. The number of aliphatic imine (C=N–C) groups is 1. The summed E-state index contributed by atoms with van der Waals surface area (Å²) in [7, 11) is 1.88. The summed E-state index contributed by atoms with van der Waals surface area (Å²) in [5.41, 5.74) is 0. The third-order valence-corrected chi connectivity index (χ3v) is 6.55. The number of likely N-dealkylation sites (tertiary alicyclic amines) is 1. The van der Waals surface area contributed by atoms with Gasteiger partial charge in [0.25, 0.3) is 0 Å². The minimum absolute atomic E-state index is 0.491. The number of guanidine groups is 1. The van der Waals surface area contributed by atoms with Crippen LogP contribution in [0, 0.1) is 11.8 Å². The third-order valence-electron chi connectivity index (χ3n) is 6.55. The molecule has 3 saturated heterocycles. The van der Waals surface area contributed by atoms with Crippen molar-refractivity contribution >= 4 is 5.96 Å². The Morgan fingerprint density at radius 2 is 1.96 bits per heavy atom. The predicted molar refractivity (Wildman–Crippen MR) is 94.2 cm³/mol. The zero-order chi connectivity index (χ0) is 16.8.